The Bertz CT molecular complexity index is 564. The van der Waals surface area contributed by atoms with E-state index in [1.165, 1.54) is 4.88 Å². The van der Waals surface area contributed by atoms with Crippen molar-refractivity contribution in [3.05, 3.63) is 36.7 Å². The first kappa shape index (κ1) is 15.2. The van der Waals surface area contributed by atoms with Gasteiger partial charge in [0.25, 0.3) is 0 Å². The molecule has 0 amide bonds. The molecule has 2 aromatic heterocycles. The quantitative estimate of drug-likeness (QED) is 0.590. The molecule has 0 aromatic carbocycles. The molecule has 2 heterocycles. The third kappa shape index (κ3) is 3.11. The maximum absolute atomic E-state index is 5.71. The van der Waals surface area contributed by atoms with Gasteiger partial charge < -0.3 is 0 Å². The van der Waals surface area contributed by atoms with Crippen LogP contribution in [0.25, 0.3) is 0 Å². The first-order valence-corrected chi connectivity index (χ1v) is 8.44. The summed E-state index contributed by atoms with van der Waals surface area (Å²) in [6, 6.07) is 2.12. The van der Waals surface area contributed by atoms with E-state index in [4.69, 9.17) is 5.84 Å². The Morgan fingerprint density at radius 2 is 2.26 bits per heavy atom. The standard InChI is InChI=1S/C12H16Br2N4S/c1-3-8-11(14)10(18(2)17-8)6-9(16-15)12-7(13)4-5-19-12/h4-5,9,16H,3,6,15H2,1-2H3. The van der Waals surface area contributed by atoms with Crippen molar-refractivity contribution in [2.24, 2.45) is 12.9 Å². The van der Waals surface area contributed by atoms with Gasteiger partial charge in [-0.2, -0.15) is 5.10 Å². The van der Waals surface area contributed by atoms with Crippen LogP contribution in [0.15, 0.2) is 20.4 Å². The van der Waals surface area contributed by atoms with Gasteiger partial charge in [-0.3, -0.25) is 16.0 Å². The van der Waals surface area contributed by atoms with Crippen LogP contribution < -0.4 is 11.3 Å². The summed E-state index contributed by atoms with van der Waals surface area (Å²) in [5.74, 6) is 5.71. The zero-order valence-corrected chi connectivity index (χ0v) is 14.8. The second kappa shape index (κ2) is 6.49. The zero-order valence-electron chi connectivity index (χ0n) is 10.8. The van der Waals surface area contributed by atoms with Gasteiger partial charge in [-0.15, -0.1) is 11.3 Å². The number of thiophene rings is 1. The number of aromatic nitrogens is 2. The highest BCUT2D eigenvalue weighted by molar-refractivity contribution is 9.10. The average molecular weight is 408 g/mol. The van der Waals surface area contributed by atoms with E-state index in [1.54, 1.807) is 11.3 Å². The van der Waals surface area contributed by atoms with Gasteiger partial charge >= 0.3 is 0 Å². The number of hydrogen-bond acceptors (Lipinski definition) is 4. The van der Waals surface area contributed by atoms with Crippen molar-refractivity contribution in [1.29, 1.82) is 0 Å². The number of hydrogen-bond donors (Lipinski definition) is 2. The molecule has 104 valence electrons. The van der Waals surface area contributed by atoms with Gasteiger partial charge in [-0.25, -0.2) is 0 Å². The second-order valence-electron chi connectivity index (χ2n) is 4.24. The highest BCUT2D eigenvalue weighted by Gasteiger charge is 2.20. The van der Waals surface area contributed by atoms with Gasteiger partial charge in [-0.05, 0) is 49.7 Å². The molecular formula is C12H16Br2N4S. The van der Waals surface area contributed by atoms with Gasteiger partial charge in [0.05, 0.1) is 21.9 Å². The smallest absolute Gasteiger partial charge is 0.0766 e. The predicted molar refractivity (Wildman–Crippen MR) is 86.1 cm³/mol. The van der Waals surface area contributed by atoms with Gasteiger partial charge in [0, 0.05) is 22.8 Å². The van der Waals surface area contributed by atoms with Crippen LogP contribution in [0.1, 0.15) is 29.2 Å². The Morgan fingerprint density at radius 3 is 2.74 bits per heavy atom. The number of nitrogens with two attached hydrogens (primary N) is 1. The molecular weight excluding hydrogens is 392 g/mol. The molecule has 0 fully saturated rings. The molecule has 4 nitrogen and oxygen atoms in total. The highest BCUT2D eigenvalue weighted by Crippen LogP contribution is 2.32. The maximum atomic E-state index is 5.71. The third-order valence-electron chi connectivity index (χ3n) is 3.06. The molecule has 2 rings (SSSR count). The maximum Gasteiger partial charge on any atom is 0.0766 e. The third-order valence-corrected chi connectivity index (χ3v) is 5.96. The fourth-order valence-electron chi connectivity index (χ4n) is 2.02. The minimum Gasteiger partial charge on any atom is -0.271 e. The lowest BCUT2D eigenvalue weighted by Crippen LogP contribution is -2.29. The number of aryl methyl sites for hydroxylation is 2. The average Bonchev–Trinajstić information content (AvgIpc) is 2.93. The Morgan fingerprint density at radius 1 is 1.53 bits per heavy atom. The monoisotopic (exact) mass is 406 g/mol. The van der Waals surface area contributed by atoms with Crippen molar-refractivity contribution >= 4 is 43.2 Å². The van der Waals surface area contributed by atoms with E-state index in [-0.39, 0.29) is 6.04 Å². The topological polar surface area (TPSA) is 55.9 Å². The molecule has 7 heteroatoms. The van der Waals surface area contributed by atoms with Crippen LogP contribution in [0.5, 0.6) is 0 Å². The molecule has 0 aliphatic carbocycles. The molecule has 19 heavy (non-hydrogen) atoms. The van der Waals surface area contributed by atoms with Crippen molar-refractivity contribution in [2.45, 2.75) is 25.8 Å². The van der Waals surface area contributed by atoms with Crippen LogP contribution in [-0.2, 0) is 19.9 Å². The summed E-state index contributed by atoms with van der Waals surface area (Å²) in [5, 5.41) is 6.57. The summed E-state index contributed by atoms with van der Waals surface area (Å²) in [6.07, 6.45) is 1.71. The number of rotatable bonds is 5. The number of halogens is 2. The minimum atomic E-state index is 0.0748. The Balaban J connectivity index is 2.29. The molecule has 2 aromatic rings. The van der Waals surface area contributed by atoms with Crippen molar-refractivity contribution in [2.75, 3.05) is 0 Å². The molecule has 0 saturated carbocycles. The summed E-state index contributed by atoms with van der Waals surface area (Å²) < 4.78 is 4.11. The van der Waals surface area contributed by atoms with Crippen LogP contribution >= 0.6 is 43.2 Å². The van der Waals surface area contributed by atoms with E-state index >= 15 is 0 Å². The molecule has 0 radical (unpaired) electrons. The van der Waals surface area contributed by atoms with Crippen LogP contribution in [0.2, 0.25) is 0 Å². The molecule has 1 unspecified atom stereocenters. The number of nitrogens with zero attached hydrogens (tertiary/aromatic N) is 2. The predicted octanol–water partition coefficient (Wildman–Crippen LogP) is 3.32. The van der Waals surface area contributed by atoms with Gasteiger partial charge in [0.1, 0.15) is 0 Å². The summed E-state index contributed by atoms with van der Waals surface area (Å²) >= 11 is 8.89. The molecule has 0 spiro atoms. The molecule has 3 N–H and O–H groups in total. The van der Waals surface area contributed by atoms with Crippen molar-refractivity contribution in [1.82, 2.24) is 15.2 Å². The lowest BCUT2D eigenvalue weighted by molar-refractivity contribution is 0.535. The van der Waals surface area contributed by atoms with Crippen LogP contribution in [0.3, 0.4) is 0 Å². The fraction of sp³-hybridized carbons (Fsp3) is 0.417. The van der Waals surface area contributed by atoms with Gasteiger partial charge in [0.2, 0.25) is 0 Å². The fourth-order valence-corrected chi connectivity index (χ4v) is 4.51. The molecule has 0 aliphatic rings. The van der Waals surface area contributed by atoms with E-state index in [9.17, 15) is 0 Å². The first-order chi connectivity index (χ1) is 9.08. The summed E-state index contributed by atoms with van der Waals surface area (Å²) in [5.41, 5.74) is 5.13. The lowest BCUT2D eigenvalue weighted by Gasteiger charge is -2.15. The van der Waals surface area contributed by atoms with Crippen LogP contribution in [0, 0.1) is 0 Å². The van der Waals surface area contributed by atoms with E-state index in [2.05, 4.69) is 54.7 Å². The van der Waals surface area contributed by atoms with Crippen molar-refractivity contribution in [3.8, 4) is 0 Å². The molecule has 0 bridgehead atoms. The molecule has 1 atom stereocenters. The van der Waals surface area contributed by atoms with Crippen LogP contribution in [0.4, 0.5) is 0 Å². The normalized spacial score (nSPS) is 12.9. The van der Waals surface area contributed by atoms with Crippen molar-refractivity contribution in [3.63, 3.8) is 0 Å². The minimum absolute atomic E-state index is 0.0748. The van der Waals surface area contributed by atoms with E-state index in [0.29, 0.717) is 0 Å². The highest BCUT2D eigenvalue weighted by atomic mass is 79.9. The summed E-state index contributed by atoms with van der Waals surface area (Å²) in [6.45, 7) is 2.10. The molecule has 0 saturated heterocycles. The van der Waals surface area contributed by atoms with Crippen molar-refractivity contribution < 1.29 is 0 Å². The van der Waals surface area contributed by atoms with Crippen LogP contribution in [-0.4, -0.2) is 9.78 Å². The Labute approximate surface area is 133 Å². The van der Waals surface area contributed by atoms with E-state index in [1.807, 2.05) is 17.8 Å². The van der Waals surface area contributed by atoms with E-state index < -0.39 is 0 Å². The van der Waals surface area contributed by atoms with Gasteiger partial charge in [0.15, 0.2) is 0 Å². The SMILES string of the molecule is CCc1nn(C)c(CC(NN)c2sccc2Br)c1Br. The summed E-state index contributed by atoms with van der Waals surface area (Å²) in [7, 11) is 1.97. The lowest BCUT2D eigenvalue weighted by atomic mass is 10.1. The first-order valence-electron chi connectivity index (χ1n) is 5.97. The Kier molecular flexibility index (Phi) is 5.19. The second-order valence-corrected chi connectivity index (χ2v) is 6.84. The molecule has 0 aliphatic heterocycles. The Hall–Kier alpha value is -0.210. The summed E-state index contributed by atoms with van der Waals surface area (Å²) in [4.78, 5) is 1.20. The largest absolute Gasteiger partial charge is 0.271 e. The van der Waals surface area contributed by atoms with Gasteiger partial charge in [-0.1, -0.05) is 6.92 Å². The van der Waals surface area contributed by atoms with E-state index in [0.717, 1.165) is 33.2 Å². The number of nitrogens with one attached hydrogen (secondary N) is 1. The number of hydrazine groups is 1. The zero-order chi connectivity index (χ0) is 14.0.